The number of piperidine rings is 1. The largest absolute Gasteiger partial charge is 0.490 e. The van der Waals surface area contributed by atoms with Crippen molar-refractivity contribution in [3.63, 3.8) is 0 Å². The summed E-state index contributed by atoms with van der Waals surface area (Å²) in [6.45, 7) is 8.16. The van der Waals surface area contributed by atoms with Gasteiger partial charge in [0, 0.05) is 36.6 Å². The fourth-order valence-electron chi connectivity index (χ4n) is 3.73. The number of aliphatic carboxylic acids is 1. The summed E-state index contributed by atoms with van der Waals surface area (Å²) < 4.78 is 33.7. The van der Waals surface area contributed by atoms with Crippen molar-refractivity contribution in [3.05, 3.63) is 48.7 Å². The molecule has 1 fully saturated rings. The number of halogens is 3. The number of rotatable bonds is 5. The lowest BCUT2D eigenvalue weighted by molar-refractivity contribution is -0.192. The Bertz CT molecular complexity index is 1050. The van der Waals surface area contributed by atoms with Crippen LogP contribution in [-0.4, -0.2) is 61.4 Å². The average Bonchev–Trinajstić information content (AvgIpc) is 3.23. The number of likely N-dealkylation sites (tertiary alicyclic amines) is 1. The van der Waals surface area contributed by atoms with E-state index >= 15 is 0 Å². The second-order valence-corrected chi connectivity index (χ2v) is 8.32. The van der Waals surface area contributed by atoms with Crippen molar-refractivity contribution < 1.29 is 23.1 Å². The lowest BCUT2D eigenvalue weighted by Gasteiger charge is -2.32. The zero-order valence-corrected chi connectivity index (χ0v) is 18.7. The summed E-state index contributed by atoms with van der Waals surface area (Å²) in [7, 11) is 0. The maximum Gasteiger partial charge on any atom is 0.490 e. The molecular weight excluding hydrogens is 435 g/mol. The first-order chi connectivity index (χ1) is 15.7. The highest BCUT2D eigenvalue weighted by Gasteiger charge is 2.38. The summed E-state index contributed by atoms with van der Waals surface area (Å²) >= 11 is 0. The number of pyridine rings is 2. The third-order valence-electron chi connectivity index (χ3n) is 5.82. The minimum atomic E-state index is -5.08. The fraction of sp³-hybridized carbons (Fsp3) is 0.478. The molecule has 1 aliphatic heterocycles. The van der Waals surface area contributed by atoms with Gasteiger partial charge in [0.1, 0.15) is 0 Å². The number of alkyl halides is 3. The topological polar surface area (TPSA) is 83.6 Å². The van der Waals surface area contributed by atoms with Gasteiger partial charge in [0.15, 0.2) is 11.5 Å². The van der Waals surface area contributed by atoms with Gasteiger partial charge in [-0.3, -0.25) is 4.98 Å². The Balaban J connectivity index is 0.000000383. The molecule has 0 saturated carbocycles. The quantitative estimate of drug-likeness (QED) is 0.593. The first kappa shape index (κ1) is 24.6. The number of hydrogen-bond acceptors (Lipinski definition) is 5. The number of hydrogen-bond donors (Lipinski definition) is 1. The molecule has 10 heteroatoms. The van der Waals surface area contributed by atoms with Crippen molar-refractivity contribution in [1.82, 2.24) is 24.5 Å². The highest BCUT2D eigenvalue weighted by molar-refractivity contribution is 5.73. The Morgan fingerprint density at radius 3 is 2.36 bits per heavy atom. The van der Waals surface area contributed by atoms with E-state index < -0.39 is 12.1 Å². The predicted molar refractivity (Wildman–Crippen MR) is 118 cm³/mol. The lowest BCUT2D eigenvalue weighted by Crippen LogP contribution is -2.36. The molecule has 7 nitrogen and oxygen atoms in total. The van der Waals surface area contributed by atoms with Crippen LogP contribution in [0.3, 0.4) is 0 Å². The van der Waals surface area contributed by atoms with Gasteiger partial charge in [-0.25, -0.2) is 14.3 Å². The highest BCUT2D eigenvalue weighted by atomic mass is 19.4. The Morgan fingerprint density at radius 1 is 1.15 bits per heavy atom. The van der Waals surface area contributed by atoms with Crippen LogP contribution in [-0.2, 0) is 4.79 Å². The average molecular weight is 464 g/mol. The highest BCUT2D eigenvalue weighted by Crippen LogP contribution is 2.27. The van der Waals surface area contributed by atoms with E-state index in [0.29, 0.717) is 5.92 Å². The van der Waals surface area contributed by atoms with Gasteiger partial charge in [-0.15, -0.1) is 0 Å². The minimum absolute atomic E-state index is 0.479. The predicted octanol–water partition coefficient (Wildman–Crippen LogP) is 4.65. The molecule has 33 heavy (non-hydrogen) atoms. The normalized spacial score (nSPS) is 16.3. The molecule has 4 rings (SSSR count). The summed E-state index contributed by atoms with van der Waals surface area (Å²) in [5.74, 6) is -0.494. The van der Waals surface area contributed by atoms with Gasteiger partial charge in [-0.1, -0.05) is 20.3 Å². The molecule has 1 atom stereocenters. The van der Waals surface area contributed by atoms with E-state index in [2.05, 4.69) is 42.1 Å². The first-order valence-corrected chi connectivity index (χ1v) is 11.0. The SMILES string of the molecule is CCC(C)CN1CCC(c2nc3ccc(-c4ccncc4)cn3n2)CC1.O=C(O)C(F)(F)F. The van der Waals surface area contributed by atoms with Crippen molar-refractivity contribution >= 4 is 11.6 Å². The maximum atomic E-state index is 10.6. The van der Waals surface area contributed by atoms with Crippen LogP contribution in [0.2, 0.25) is 0 Å². The number of carbonyl (C=O) groups is 1. The van der Waals surface area contributed by atoms with Gasteiger partial charge in [0.2, 0.25) is 0 Å². The molecule has 0 aliphatic carbocycles. The van der Waals surface area contributed by atoms with Crippen LogP contribution in [0, 0.1) is 5.92 Å². The van der Waals surface area contributed by atoms with E-state index in [-0.39, 0.29) is 0 Å². The van der Waals surface area contributed by atoms with E-state index in [1.54, 1.807) is 0 Å². The Kier molecular flexibility index (Phi) is 8.01. The molecule has 0 bridgehead atoms. The monoisotopic (exact) mass is 463 g/mol. The molecule has 1 aliphatic rings. The van der Waals surface area contributed by atoms with Gasteiger partial charge < -0.3 is 10.0 Å². The molecule has 3 aromatic rings. The third kappa shape index (κ3) is 6.74. The van der Waals surface area contributed by atoms with Gasteiger partial charge >= 0.3 is 12.1 Å². The van der Waals surface area contributed by atoms with Crippen LogP contribution in [0.25, 0.3) is 16.8 Å². The van der Waals surface area contributed by atoms with Crippen molar-refractivity contribution in [2.24, 2.45) is 5.92 Å². The van der Waals surface area contributed by atoms with Gasteiger partial charge in [0.05, 0.1) is 0 Å². The van der Waals surface area contributed by atoms with E-state index in [9.17, 15) is 13.2 Å². The molecule has 1 unspecified atom stereocenters. The molecule has 0 spiro atoms. The van der Waals surface area contributed by atoms with Crippen molar-refractivity contribution in [1.29, 1.82) is 0 Å². The third-order valence-corrected chi connectivity index (χ3v) is 5.82. The summed E-state index contributed by atoms with van der Waals surface area (Å²) in [5.41, 5.74) is 3.22. The molecular formula is C23H28F3N5O2. The smallest absolute Gasteiger partial charge is 0.475 e. The molecule has 4 heterocycles. The van der Waals surface area contributed by atoms with Crippen LogP contribution in [0.1, 0.15) is 44.9 Å². The molecule has 178 valence electrons. The number of nitrogens with zero attached hydrogens (tertiary/aromatic N) is 5. The van der Waals surface area contributed by atoms with Crippen molar-refractivity contribution in [2.75, 3.05) is 19.6 Å². The van der Waals surface area contributed by atoms with Crippen molar-refractivity contribution in [3.8, 4) is 11.1 Å². The van der Waals surface area contributed by atoms with Crippen LogP contribution in [0.5, 0.6) is 0 Å². The van der Waals surface area contributed by atoms with Crippen LogP contribution in [0.15, 0.2) is 42.9 Å². The van der Waals surface area contributed by atoms with Gasteiger partial charge in [-0.2, -0.15) is 18.3 Å². The molecule has 0 amide bonds. The molecule has 1 N–H and O–H groups in total. The number of carboxylic acid groups (broad SMARTS) is 1. The summed E-state index contributed by atoms with van der Waals surface area (Å²) in [6.07, 6.45) is 4.20. The first-order valence-electron chi connectivity index (χ1n) is 11.0. The van der Waals surface area contributed by atoms with Crippen LogP contribution in [0.4, 0.5) is 13.2 Å². The van der Waals surface area contributed by atoms with E-state index in [1.165, 1.54) is 13.0 Å². The maximum absolute atomic E-state index is 10.6. The molecule has 3 aromatic heterocycles. The Morgan fingerprint density at radius 2 is 1.79 bits per heavy atom. The van der Waals surface area contributed by atoms with E-state index in [4.69, 9.17) is 20.0 Å². The fourth-order valence-corrected chi connectivity index (χ4v) is 3.73. The molecule has 0 radical (unpaired) electrons. The Hall–Kier alpha value is -3.01. The van der Waals surface area contributed by atoms with E-state index in [1.807, 2.05) is 29.0 Å². The van der Waals surface area contributed by atoms with Gasteiger partial charge in [-0.05, 0) is 61.7 Å². The van der Waals surface area contributed by atoms with Crippen LogP contribution >= 0.6 is 0 Å². The summed E-state index contributed by atoms with van der Waals surface area (Å²) in [4.78, 5) is 20.4. The number of aromatic nitrogens is 4. The second kappa shape index (κ2) is 10.7. The number of carboxylic acids is 1. The second-order valence-electron chi connectivity index (χ2n) is 8.32. The zero-order chi connectivity index (χ0) is 24.0. The molecule has 0 aromatic carbocycles. The van der Waals surface area contributed by atoms with Crippen molar-refractivity contribution in [2.45, 2.75) is 45.2 Å². The minimum Gasteiger partial charge on any atom is -0.475 e. The number of fused-ring (bicyclic) bond motifs is 1. The summed E-state index contributed by atoms with van der Waals surface area (Å²) in [5, 5.41) is 11.9. The standard InChI is InChI=1S/C21H27N5.C2HF3O2/c1-3-16(2)14-25-12-8-18(9-13-25)21-23-20-5-4-19(15-26(20)24-21)17-6-10-22-11-7-17;3-2(4,5)1(6)7/h4-7,10-11,15-16,18H,3,8-9,12-14H2,1-2H3;(H,6,7). The Labute approximate surface area is 190 Å². The lowest BCUT2D eigenvalue weighted by atomic mass is 9.95. The molecule has 1 saturated heterocycles. The summed E-state index contributed by atoms with van der Waals surface area (Å²) in [6, 6.07) is 8.21. The van der Waals surface area contributed by atoms with Gasteiger partial charge in [0.25, 0.3) is 0 Å². The van der Waals surface area contributed by atoms with Crippen LogP contribution < -0.4 is 0 Å². The van der Waals surface area contributed by atoms with E-state index in [0.717, 1.165) is 54.4 Å². The zero-order valence-electron chi connectivity index (χ0n) is 18.7.